The molecule has 0 aliphatic carbocycles. The number of primary amides is 1. The Bertz CT molecular complexity index is 1290. The highest BCUT2D eigenvalue weighted by Gasteiger charge is 2.31. The van der Waals surface area contributed by atoms with Gasteiger partial charge < -0.3 is 15.6 Å². The lowest BCUT2D eigenvalue weighted by atomic mass is 10.1. The molecule has 3 N–H and O–H groups in total. The van der Waals surface area contributed by atoms with Gasteiger partial charge in [-0.25, -0.2) is 8.78 Å². The number of nitrogens with two attached hydrogens (primary N) is 1. The zero-order valence-corrected chi connectivity index (χ0v) is 15.6. The van der Waals surface area contributed by atoms with Crippen LogP contribution in [-0.4, -0.2) is 17.0 Å². The Morgan fingerprint density at radius 3 is 2.45 bits per heavy atom. The molecular formula is C20H13F5N4O2. The maximum atomic E-state index is 14.4. The fraction of sp³-hybridized carbons (Fsp3) is 0.150. The van der Waals surface area contributed by atoms with E-state index in [1.54, 1.807) is 6.07 Å². The van der Waals surface area contributed by atoms with E-state index in [2.05, 4.69) is 5.32 Å². The fourth-order valence-electron chi connectivity index (χ4n) is 2.97. The molecule has 0 radical (unpaired) electrons. The number of nitrogens with one attached hydrogen (secondary N) is 1. The first-order valence-corrected chi connectivity index (χ1v) is 8.66. The van der Waals surface area contributed by atoms with Crippen molar-refractivity contribution in [2.75, 3.05) is 11.9 Å². The van der Waals surface area contributed by atoms with Gasteiger partial charge in [-0.05, 0) is 24.3 Å². The van der Waals surface area contributed by atoms with Crippen LogP contribution in [0.3, 0.4) is 0 Å². The smallest absolute Gasteiger partial charge is 0.374 e. The van der Waals surface area contributed by atoms with Crippen LogP contribution in [0, 0.1) is 23.0 Å². The molecule has 160 valence electrons. The molecule has 3 aromatic rings. The van der Waals surface area contributed by atoms with Gasteiger partial charge in [0.25, 0.3) is 0 Å². The number of pyridine rings is 1. The maximum Gasteiger partial charge on any atom is 0.416 e. The predicted octanol–water partition coefficient (Wildman–Crippen LogP) is 3.12. The molecule has 0 saturated heterocycles. The third-order valence-electron chi connectivity index (χ3n) is 4.46. The van der Waals surface area contributed by atoms with Crippen LogP contribution < -0.4 is 16.5 Å². The average Bonchev–Trinajstić information content (AvgIpc) is 2.69. The molecule has 11 heteroatoms. The van der Waals surface area contributed by atoms with E-state index in [0.717, 1.165) is 24.4 Å². The molecule has 0 aliphatic heterocycles. The zero-order valence-electron chi connectivity index (χ0n) is 15.6. The second-order valence-electron chi connectivity index (χ2n) is 6.58. The number of nitrogens with zero attached hydrogens (tertiary/aromatic N) is 2. The quantitative estimate of drug-likeness (QED) is 0.600. The number of aromatic nitrogens is 1. The van der Waals surface area contributed by atoms with Crippen molar-refractivity contribution in [3.8, 4) is 6.07 Å². The Hall–Kier alpha value is -3.94. The third kappa shape index (κ3) is 4.48. The summed E-state index contributed by atoms with van der Waals surface area (Å²) in [6.45, 7) is -0.757. The van der Waals surface area contributed by atoms with E-state index in [9.17, 15) is 36.8 Å². The van der Waals surface area contributed by atoms with Gasteiger partial charge in [0, 0.05) is 11.8 Å². The highest BCUT2D eigenvalue weighted by atomic mass is 19.4. The second-order valence-corrected chi connectivity index (χ2v) is 6.58. The van der Waals surface area contributed by atoms with Crippen LogP contribution in [0.25, 0.3) is 10.9 Å². The minimum atomic E-state index is -4.73. The van der Waals surface area contributed by atoms with Gasteiger partial charge in [-0.1, -0.05) is 6.07 Å². The topological polar surface area (TPSA) is 101 Å². The summed E-state index contributed by atoms with van der Waals surface area (Å²) in [4.78, 5) is 23.4. The van der Waals surface area contributed by atoms with Crippen molar-refractivity contribution in [2.24, 2.45) is 5.73 Å². The summed E-state index contributed by atoms with van der Waals surface area (Å²) in [5.74, 6) is -2.81. The van der Waals surface area contributed by atoms with E-state index >= 15 is 0 Å². The van der Waals surface area contributed by atoms with Crippen LogP contribution in [0.5, 0.6) is 0 Å². The van der Waals surface area contributed by atoms with Gasteiger partial charge in [0.15, 0.2) is 0 Å². The van der Waals surface area contributed by atoms with Gasteiger partial charge in [0.1, 0.15) is 23.3 Å². The van der Waals surface area contributed by atoms with Crippen LogP contribution in [0.15, 0.2) is 41.3 Å². The van der Waals surface area contributed by atoms with Crippen molar-refractivity contribution in [2.45, 2.75) is 12.7 Å². The summed E-state index contributed by atoms with van der Waals surface area (Å²) in [7, 11) is 0. The number of rotatable bonds is 5. The third-order valence-corrected chi connectivity index (χ3v) is 4.46. The van der Waals surface area contributed by atoms with Gasteiger partial charge in [-0.15, -0.1) is 0 Å². The molecule has 1 heterocycles. The number of fused-ring (bicyclic) bond motifs is 1. The maximum absolute atomic E-state index is 14.4. The number of benzene rings is 2. The first-order valence-electron chi connectivity index (χ1n) is 8.66. The lowest BCUT2D eigenvalue weighted by Gasteiger charge is -2.15. The summed E-state index contributed by atoms with van der Waals surface area (Å²) in [5.41, 5.74) is 2.44. The normalized spacial score (nSPS) is 11.4. The summed E-state index contributed by atoms with van der Waals surface area (Å²) >= 11 is 0. The minimum Gasteiger partial charge on any atom is -0.374 e. The lowest BCUT2D eigenvalue weighted by molar-refractivity contribution is -0.137. The molecule has 0 fully saturated rings. The highest BCUT2D eigenvalue weighted by molar-refractivity contribution is 5.85. The van der Waals surface area contributed by atoms with E-state index in [0.29, 0.717) is 12.1 Å². The van der Waals surface area contributed by atoms with E-state index < -0.39 is 41.3 Å². The van der Waals surface area contributed by atoms with Gasteiger partial charge in [0.2, 0.25) is 11.3 Å². The molecule has 1 aromatic heterocycles. The number of alkyl halides is 3. The summed E-state index contributed by atoms with van der Waals surface area (Å²) in [6, 6.07) is 5.64. The van der Waals surface area contributed by atoms with Gasteiger partial charge >= 0.3 is 6.18 Å². The lowest BCUT2D eigenvalue weighted by Crippen LogP contribution is -2.22. The van der Waals surface area contributed by atoms with Crippen molar-refractivity contribution in [3.05, 3.63) is 75.1 Å². The number of halogens is 5. The van der Waals surface area contributed by atoms with Gasteiger partial charge in [-0.3, -0.25) is 9.59 Å². The number of nitriles is 1. The summed E-state index contributed by atoms with van der Waals surface area (Å²) < 4.78 is 68.2. The molecule has 0 atom stereocenters. The van der Waals surface area contributed by atoms with Crippen molar-refractivity contribution in [1.82, 2.24) is 4.57 Å². The molecule has 31 heavy (non-hydrogen) atoms. The Labute approximate surface area is 171 Å². The number of amides is 1. The van der Waals surface area contributed by atoms with Crippen molar-refractivity contribution >= 4 is 22.5 Å². The highest BCUT2D eigenvalue weighted by Crippen LogP contribution is 2.30. The molecule has 0 bridgehead atoms. The van der Waals surface area contributed by atoms with Crippen molar-refractivity contribution in [3.63, 3.8) is 0 Å². The molecule has 0 aliphatic rings. The monoisotopic (exact) mass is 436 g/mol. The number of carbonyl (C=O) groups is 1. The van der Waals surface area contributed by atoms with Crippen LogP contribution in [0.2, 0.25) is 0 Å². The zero-order chi connectivity index (χ0) is 22.9. The van der Waals surface area contributed by atoms with E-state index in [1.165, 1.54) is 4.57 Å². The molecule has 0 unspecified atom stereocenters. The average molecular weight is 436 g/mol. The van der Waals surface area contributed by atoms with Crippen LogP contribution in [0.1, 0.15) is 16.7 Å². The van der Waals surface area contributed by atoms with Crippen LogP contribution >= 0.6 is 0 Å². The number of hydrogen-bond acceptors (Lipinski definition) is 4. The Balaban J connectivity index is 2.16. The van der Waals surface area contributed by atoms with Crippen molar-refractivity contribution < 1.29 is 26.7 Å². The fourth-order valence-corrected chi connectivity index (χ4v) is 2.97. The van der Waals surface area contributed by atoms with Crippen molar-refractivity contribution in [1.29, 1.82) is 5.26 Å². The summed E-state index contributed by atoms with van der Waals surface area (Å²) in [6.07, 6.45) is -3.63. The Morgan fingerprint density at radius 2 is 1.87 bits per heavy atom. The largest absolute Gasteiger partial charge is 0.416 e. The van der Waals surface area contributed by atoms with E-state index in [4.69, 9.17) is 5.73 Å². The first kappa shape index (κ1) is 21.8. The first-order chi connectivity index (χ1) is 14.5. The predicted molar refractivity (Wildman–Crippen MR) is 101 cm³/mol. The molecular weight excluding hydrogens is 423 g/mol. The van der Waals surface area contributed by atoms with Crippen LogP contribution in [0.4, 0.5) is 27.6 Å². The second kappa shape index (κ2) is 8.06. The van der Waals surface area contributed by atoms with Gasteiger partial charge in [-0.2, -0.15) is 18.4 Å². The molecule has 1 amide bonds. The van der Waals surface area contributed by atoms with Crippen LogP contribution in [-0.2, 0) is 17.5 Å². The molecule has 0 saturated carbocycles. The summed E-state index contributed by atoms with van der Waals surface area (Å²) in [5, 5.41) is 11.4. The number of carbonyl (C=O) groups excluding carboxylic acids is 1. The number of anilines is 1. The van der Waals surface area contributed by atoms with E-state index in [1.807, 2.05) is 0 Å². The Kier molecular flexibility index (Phi) is 5.66. The molecule has 6 nitrogen and oxygen atoms in total. The molecule has 2 aromatic carbocycles. The molecule has 3 rings (SSSR count). The van der Waals surface area contributed by atoms with E-state index in [-0.39, 0.29) is 34.3 Å². The molecule has 0 spiro atoms. The Morgan fingerprint density at radius 1 is 1.16 bits per heavy atom. The minimum absolute atomic E-state index is 0.0664. The SMILES string of the molecule is N#Cc1cn(Cc2ccc(C(F)(F)F)cc2F)c2cc(NCC(N)=O)c(F)cc2c1=O. The standard InChI is InChI=1S/C20H13F5N4O2/c21-14-3-12(20(23,24)25)2-1-10(14)8-29-9-11(6-26)19(31)13-4-15(22)16(5-17(13)29)28-7-18(27)30/h1-5,9,28H,7-8H2,(H2,27,30). The van der Waals surface area contributed by atoms with Gasteiger partial charge in [0.05, 0.1) is 35.2 Å². The number of hydrogen-bond donors (Lipinski definition) is 2.